The summed E-state index contributed by atoms with van der Waals surface area (Å²) in [4.78, 5) is 6.42. The minimum atomic E-state index is -2.99. The molecule has 2 aliphatic rings. The average Bonchev–Trinajstić information content (AvgIpc) is 3.29. The molecule has 2 saturated heterocycles. The van der Waals surface area contributed by atoms with E-state index < -0.39 is 9.84 Å². The lowest BCUT2D eigenvalue weighted by Gasteiger charge is -2.37. The average molecular weight is 410 g/mol. The topological polar surface area (TPSA) is 80.1 Å². The van der Waals surface area contributed by atoms with E-state index in [2.05, 4.69) is 21.4 Å². The smallest absolute Gasteiger partial charge is 0.153 e. The van der Waals surface area contributed by atoms with Crippen LogP contribution in [0.5, 0.6) is 0 Å². The van der Waals surface area contributed by atoms with Crippen molar-refractivity contribution in [2.45, 2.75) is 18.6 Å². The molecule has 3 aromatic rings. The van der Waals surface area contributed by atoms with Crippen molar-refractivity contribution in [2.75, 3.05) is 24.6 Å². The lowest BCUT2D eigenvalue weighted by Crippen LogP contribution is -2.56. The van der Waals surface area contributed by atoms with Crippen molar-refractivity contribution in [1.29, 1.82) is 0 Å². The number of piperazine rings is 1. The maximum atomic E-state index is 12.2. The highest BCUT2D eigenvalue weighted by Crippen LogP contribution is 2.28. The molecule has 2 fully saturated rings. The van der Waals surface area contributed by atoms with Crippen LogP contribution in [0.4, 0.5) is 0 Å². The summed E-state index contributed by atoms with van der Waals surface area (Å²) in [7, 11) is -2.99. The normalized spacial score (nSPS) is 23.7. The lowest BCUT2D eigenvalue weighted by atomic mass is 10.0. The second-order valence-corrected chi connectivity index (χ2v) is 9.85. The van der Waals surface area contributed by atoms with E-state index in [0.29, 0.717) is 6.54 Å². The molecule has 0 bridgehead atoms. The van der Waals surface area contributed by atoms with Crippen LogP contribution in [-0.4, -0.2) is 64.8 Å². The van der Waals surface area contributed by atoms with Gasteiger partial charge in [-0.3, -0.25) is 9.88 Å². The molecule has 5 rings (SSSR count). The minimum Gasteiger partial charge on any atom is -0.310 e. The van der Waals surface area contributed by atoms with Crippen LogP contribution < -0.4 is 5.32 Å². The first kappa shape index (κ1) is 18.5. The fourth-order valence-electron chi connectivity index (χ4n) is 4.35. The number of pyridine rings is 1. The van der Waals surface area contributed by atoms with Gasteiger partial charge in [0.2, 0.25) is 0 Å². The zero-order valence-corrected chi connectivity index (χ0v) is 16.8. The van der Waals surface area contributed by atoms with Crippen molar-refractivity contribution in [3.05, 3.63) is 66.6 Å². The third-order valence-corrected chi connectivity index (χ3v) is 7.45. The van der Waals surface area contributed by atoms with E-state index in [9.17, 15) is 8.42 Å². The summed E-state index contributed by atoms with van der Waals surface area (Å²) in [6.07, 6.45) is 5.60. The Morgan fingerprint density at radius 3 is 2.66 bits per heavy atom. The molecule has 0 amide bonds. The Kier molecular flexibility index (Phi) is 4.69. The van der Waals surface area contributed by atoms with Crippen LogP contribution in [0.1, 0.15) is 5.56 Å². The summed E-state index contributed by atoms with van der Waals surface area (Å²) in [5.41, 5.74) is 4.00. The highest BCUT2D eigenvalue weighted by Gasteiger charge is 2.42. The van der Waals surface area contributed by atoms with Gasteiger partial charge >= 0.3 is 0 Å². The molecule has 0 unspecified atom stereocenters. The number of hydrogen-bond donors (Lipinski definition) is 1. The van der Waals surface area contributed by atoms with Crippen LogP contribution in [-0.2, 0) is 16.4 Å². The van der Waals surface area contributed by atoms with Gasteiger partial charge in [-0.25, -0.2) is 13.1 Å². The SMILES string of the molecule is O=S1(=O)C[C@@H]2NCCN(Cc3cn(-c4ccccc4)nc3-c3ccncc3)[C@@H]2C1. The van der Waals surface area contributed by atoms with Gasteiger partial charge in [0.25, 0.3) is 0 Å². The van der Waals surface area contributed by atoms with Gasteiger partial charge in [0.15, 0.2) is 9.84 Å². The minimum absolute atomic E-state index is 0.0131. The van der Waals surface area contributed by atoms with E-state index in [4.69, 9.17) is 5.10 Å². The van der Waals surface area contributed by atoms with Crippen LogP contribution in [0, 0.1) is 0 Å². The fourth-order valence-corrected chi connectivity index (χ4v) is 6.34. The molecule has 2 atom stereocenters. The predicted octanol–water partition coefficient (Wildman–Crippen LogP) is 1.51. The van der Waals surface area contributed by atoms with Gasteiger partial charge in [-0.15, -0.1) is 0 Å². The summed E-state index contributed by atoms with van der Waals surface area (Å²) in [5.74, 6) is 0.455. The van der Waals surface area contributed by atoms with Crippen molar-refractivity contribution in [3.63, 3.8) is 0 Å². The molecule has 29 heavy (non-hydrogen) atoms. The Morgan fingerprint density at radius 2 is 1.86 bits per heavy atom. The maximum absolute atomic E-state index is 12.2. The molecule has 2 aliphatic heterocycles. The second-order valence-electron chi connectivity index (χ2n) is 7.69. The summed E-state index contributed by atoms with van der Waals surface area (Å²) in [5, 5.41) is 8.24. The molecule has 4 heterocycles. The zero-order valence-electron chi connectivity index (χ0n) is 16.0. The number of nitrogens with zero attached hydrogens (tertiary/aromatic N) is 4. The largest absolute Gasteiger partial charge is 0.310 e. The third-order valence-electron chi connectivity index (χ3n) is 5.74. The molecule has 0 spiro atoms. The van der Waals surface area contributed by atoms with E-state index in [1.165, 1.54) is 0 Å². The van der Waals surface area contributed by atoms with Crippen molar-refractivity contribution in [1.82, 2.24) is 25.0 Å². The van der Waals surface area contributed by atoms with Gasteiger partial charge in [0.05, 0.1) is 22.9 Å². The van der Waals surface area contributed by atoms with Gasteiger partial charge in [-0.2, -0.15) is 5.10 Å². The van der Waals surface area contributed by atoms with Crippen LogP contribution in [0.2, 0.25) is 0 Å². The molecule has 0 aliphatic carbocycles. The summed E-state index contributed by atoms with van der Waals surface area (Å²) < 4.78 is 26.3. The Morgan fingerprint density at radius 1 is 1.07 bits per heavy atom. The quantitative estimate of drug-likeness (QED) is 0.704. The first-order valence-electron chi connectivity index (χ1n) is 9.81. The van der Waals surface area contributed by atoms with Gasteiger partial charge in [-0.05, 0) is 24.3 Å². The zero-order chi connectivity index (χ0) is 19.8. The van der Waals surface area contributed by atoms with Crippen molar-refractivity contribution >= 4 is 9.84 Å². The lowest BCUT2D eigenvalue weighted by molar-refractivity contribution is 0.141. The van der Waals surface area contributed by atoms with Gasteiger partial charge in [0.1, 0.15) is 0 Å². The van der Waals surface area contributed by atoms with E-state index >= 15 is 0 Å². The van der Waals surface area contributed by atoms with E-state index in [-0.39, 0.29) is 23.6 Å². The van der Waals surface area contributed by atoms with Crippen LogP contribution in [0.25, 0.3) is 16.9 Å². The summed E-state index contributed by atoms with van der Waals surface area (Å²) >= 11 is 0. The van der Waals surface area contributed by atoms with Crippen molar-refractivity contribution in [2.24, 2.45) is 0 Å². The summed E-state index contributed by atoms with van der Waals surface area (Å²) in [6, 6.07) is 14.0. The van der Waals surface area contributed by atoms with E-state index in [1.807, 2.05) is 47.1 Å². The van der Waals surface area contributed by atoms with E-state index in [1.54, 1.807) is 12.4 Å². The Bertz CT molecular complexity index is 1100. The van der Waals surface area contributed by atoms with Gasteiger partial charge < -0.3 is 5.32 Å². The van der Waals surface area contributed by atoms with Gasteiger partial charge in [0, 0.05) is 61.4 Å². The Labute approximate surface area is 170 Å². The molecule has 8 heteroatoms. The molecular formula is C21H23N5O2S. The van der Waals surface area contributed by atoms with Crippen molar-refractivity contribution in [3.8, 4) is 16.9 Å². The number of para-hydroxylation sites is 1. The number of fused-ring (bicyclic) bond motifs is 1. The first-order chi connectivity index (χ1) is 14.1. The highest BCUT2D eigenvalue weighted by atomic mass is 32.2. The molecule has 0 radical (unpaired) electrons. The number of aromatic nitrogens is 3. The van der Waals surface area contributed by atoms with Crippen LogP contribution in [0.15, 0.2) is 61.1 Å². The molecular weight excluding hydrogens is 386 g/mol. The predicted molar refractivity (Wildman–Crippen MR) is 111 cm³/mol. The molecule has 1 N–H and O–H groups in total. The van der Waals surface area contributed by atoms with Gasteiger partial charge in [-0.1, -0.05) is 18.2 Å². The number of nitrogens with one attached hydrogen (secondary N) is 1. The number of sulfone groups is 1. The molecule has 0 saturated carbocycles. The van der Waals surface area contributed by atoms with E-state index in [0.717, 1.165) is 35.6 Å². The summed E-state index contributed by atoms with van der Waals surface area (Å²) in [6.45, 7) is 2.29. The fraction of sp³-hybridized carbons (Fsp3) is 0.333. The Balaban J connectivity index is 1.51. The molecule has 2 aromatic heterocycles. The highest BCUT2D eigenvalue weighted by molar-refractivity contribution is 7.91. The maximum Gasteiger partial charge on any atom is 0.153 e. The number of rotatable bonds is 4. The molecule has 1 aromatic carbocycles. The second kappa shape index (κ2) is 7.37. The number of hydrogen-bond acceptors (Lipinski definition) is 6. The third kappa shape index (κ3) is 3.71. The number of benzene rings is 1. The standard InChI is InChI=1S/C21H23N5O2S/c27-29(28)14-19-20(15-29)25(11-10-23-19)12-17-13-26(18-4-2-1-3-5-18)24-21(17)16-6-8-22-9-7-16/h1-9,13,19-20,23H,10-12,14-15H2/t19-,20+/m0/s1. The molecule has 150 valence electrons. The Hall–Kier alpha value is -2.55. The van der Waals surface area contributed by atoms with Crippen molar-refractivity contribution < 1.29 is 8.42 Å². The monoisotopic (exact) mass is 409 g/mol. The first-order valence-corrected chi connectivity index (χ1v) is 11.6. The molecule has 7 nitrogen and oxygen atoms in total. The van der Waals surface area contributed by atoms with Crippen LogP contribution in [0.3, 0.4) is 0 Å². The van der Waals surface area contributed by atoms with Crippen LogP contribution >= 0.6 is 0 Å².